The van der Waals surface area contributed by atoms with Gasteiger partial charge in [-0.15, -0.1) is 11.3 Å². The fourth-order valence-electron chi connectivity index (χ4n) is 2.01. The molecule has 0 aliphatic carbocycles. The number of thiophene rings is 1. The summed E-state index contributed by atoms with van der Waals surface area (Å²) in [6, 6.07) is 9.35. The molecule has 1 heterocycles. The fraction of sp³-hybridized carbons (Fsp3) is 0.333. The molecule has 1 N–H and O–H groups in total. The van der Waals surface area contributed by atoms with E-state index in [1.807, 2.05) is 18.2 Å². The Morgan fingerprint density at radius 2 is 2.15 bits per heavy atom. The van der Waals surface area contributed by atoms with Crippen LogP contribution in [-0.2, 0) is 6.42 Å². The van der Waals surface area contributed by atoms with Crippen LogP contribution in [0.4, 0.5) is 4.39 Å². The van der Waals surface area contributed by atoms with Crippen molar-refractivity contribution in [1.29, 1.82) is 0 Å². The predicted octanol–water partition coefficient (Wildman–Crippen LogP) is 5.59. The van der Waals surface area contributed by atoms with Crippen LogP contribution in [0.15, 0.2) is 34.8 Å². The molecule has 20 heavy (non-hydrogen) atoms. The molecule has 2 rings (SSSR count). The lowest BCUT2D eigenvalue weighted by Crippen LogP contribution is -2.23. The second-order valence-electron chi connectivity index (χ2n) is 4.60. The Hall–Kier alpha value is -0.420. The molecule has 1 atom stereocenters. The normalized spacial score (nSPS) is 12.6. The molecule has 1 aromatic heterocycles. The summed E-state index contributed by atoms with van der Waals surface area (Å²) >= 11 is 10.8. The van der Waals surface area contributed by atoms with Crippen LogP contribution in [0.1, 0.15) is 29.8 Å². The van der Waals surface area contributed by atoms with Gasteiger partial charge in [-0.05, 0) is 65.1 Å². The minimum atomic E-state index is -0.231. The van der Waals surface area contributed by atoms with Crippen LogP contribution in [-0.4, -0.2) is 6.54 Å². The van der Waals surface area contributed by atoms with Gasteiger partial charge in [-0.25, -0.2) is 4.39 Å². The third kappa shape index (κ3) is 4.29. The predicted molar refractivity (Wildman–Crippen MR) is 88.2 cm³/mol. The molecule has 1 aromatic carbocycles. The van der Waals surface area contributed by atoms with E-state index in [9.17, 15) is 4.39 Å². The van der Waals surface area contributed by atoms with Crippen LogP contribution < -0.4 is 5.32 Å². The SMILES string of the molecule is CCCNC(Cc1ccc(F)c(Br)c1)c1ccc(Cl)s1. The zero-order chi connectivity index (χ0) is 14.5. The number of rotatable bonds is 6. The molecule has 0 aliphatic rings. The molecule has 5 heteroatoms. The van der Waals surface area contributed by atoms with Crippen molar-refractivity contribution in [2.24, 2.45) is 0 Å². The zero-order valence-electron chi connectivity index (χ0n) is 11.1. The quantitative estimate of drug-likeness (QED) is 0.693. The van der Waals surface area contributed by atoms with E-state index in [2.05, 4.69) is 34.2 Å². The van der Waals surface area contributed by atoms with Gasteiger partial charge in [0.15, 0.2) is 0 Å². The summed E-state index contributed by atoms with van der Waals surface area (Å²) < 4.78 is 14.6. The van der Waals surface area contributed by atoms with Gasteiger partial charge in [0.25, 0.3) is 0 Å². The van der Waals surface area contributed by atoms with E-state index < -0.39 is 0 Å². The molecule has 108 valence electrons. The molecule has 1 unspecified atom stereocenters. The molecule has 0 bridgehead atoms. The van der Waals surface area contributed by atoms with Crippen molar-refractivity contribution < 1.29 is 4.39 Å². The standard InChI is InChI=1S/C15H16BrClFNS/c1-2-7-19-13(14-5-6-15(17)20-14)9-10-3-4-12(18)11(16)8-10/h3-6,8,13,19H,2,7,9H2,1H3. The Morgan fingerprint density at radius 3 is 2.75 bits per heavy atom. The molecule has 0 amide bonds. The fourth-order valence-corrected chi connectivity index (χ4v) is 3.57. The average Bonchev–Trinajstić information content (AvgIpc) is 2.85. The summed E-state index contributed by atoms with van der Waals surface area (Å²) in [5.41, 5.74) is 1.09. The van der Waals surface area contributed by atoms with Crippen LogP contribution in [0.2, 0.25) is 4.34 Å². The summed E-state index contributed by atoms with van der Waals surface area (Å²) in [6.45, 7) is 3.09. The Kier molecular flexibility index (Phi) is 6.02. The lowest BCUT2D eigenvalue weighted by molar-refractivity contribution is 0.535. The summed E-state index contributed by atoms with van der Waals surface area (Å²) in [5, 5.41) is 3.52. The molecule has 2 aromatic rings. The summed E-state index contributed by atoms with van der Waals surface area (Å²) in [5.74, 6) is -0.231. The minimum absolute atomic E-state index is 0.213. The smallest absolute Gasteiger partial charge is 0.137 e. The number of nitrogens with one attached hydrogen (secondary N) is 1. The molecular weight excluding hydrogens is 361 g/mol. The monoisotopic (exact) mass is 375 g/mol. The van der Waals surface area contributed by atoms with E-state index in [4.69, 9.17) is 11.6 Å². The second-order valence-corrected chi connectivity index (χ2v) is 7.20. The van der Waals surface area contributed by atoms with Gasteiger partial charge >= 0.3 is 0 Å². The van der Waals surface area contributed by atoms with Gasteiger partial charge in [0, 0.05) is 10.9 Å². The molecule has 0 radical (unpaired) electrons. The molecule has 0 saturated heterocycles. The van der Waals surface area contributed by atoms with E-state index >= 15 is 0 Å². The van der Waals surface area contributed by atoms with Gasteiger partial charge in [-0.1, -0.05) is 24.6 Å². The highest BCUT2D eigenvalue weighted by Crippen LogP contribution is 2.30. The Labute approximate surface area is 136 Å². The molecule has 0 aliphatic heterocycles. The molecule has 1 nitrogen and oxygen atoms in total. The zero-order valence-corrected chi connectivity index (χ0v) is 14.3. The lowest BCUT2D eigenvalue weighted by atomic mass is 10.0. The van der Waals surface area contributed by atoms with E-state index in [1.165, 1.54) is 10.9 Å². The van der Waals surface area contributed by atoms with E-state index in [-0.39, 0.29) is 11.9 Å². The highest BCUT2D eigenvalue weighted by atomic mass is 79.9. The van der Waals surface area contributed by atoms with E-state index in [1.54, 1.807) is 11.3 Å². The maximum atomic E-state index is 13.3. The minimum Gasteiger partial charge on any atom is -0.309 e. The summed E-state index contributed by atoms with van der Waals surface area (Å²) in [4.78, 5) is 1.21. The largest absolute Gasteiger partial charge is 0.309 e. The number of halogens is 3. The first-order valence-corrected chi connectivity index (χ1v) is 8.51. The van der Waals surface area contributed by atoms with Gasteiger partial charge in [-0.3, -0.25) is 0 Å². The second kappa shape index (κ2) is 7.55. The first-order valence-electron chi connectivity index (χ1n) is 6.52. The van der Waals surface area contributed by atoms with Crippen molar-refractivity contribution in [1.82, 2.24) is 5.32 Å². The third-order valence-electron chi connectivity index (χ3n) is 3.00. The number of hydrogen-bond acceptors (Lipinski definition) is 2. The topological polar surface area (TPSA) is 12.0 Å². The first-order chi connectivity index (χ1) is 9.60. The summed E-state index contributed by atoms with van der Waals surface area (Å²) in [7, 11) is 0. The maximum Gasteiger partial charge on any atom is 0.137 e. The van der Waals surface area contributed by atoms with Crippen molar-refractivity contribution in [2.75, 3.05) is 6.54 Å². The van der Waals surface area contributed by atoms with Crippen LogP contribution in [0.5, 0.6) is 0 Å². The van der Waals surface area contributed by atoms with E-state index in [0.29, 0.717) is 4.47 Å². The Bertz CT molecular complexity index is 573. The highest BCUT2D eigenvalue weighted by Gasteiger charge is 2.14. The van der Waals surface area contributed by atoms with Gasteiger partial charge < -0.3 is 5.32 Å². The highest BCUT2D eigenvalue weighted by molar-refractivity contribution is 9.10. The maximum absolute atomic E-state index is 13.3. The Balaban J connectivity index is 2.16. The molecule has 0 saturated carbocycles. The van der Waals surface area contributed by atoms with Crippen LogP contribution in [0.3, 0.4) is 0 Å². The van der Waals surface area contributed by atoms with Gasteiger partial charge in [-0.2, -0.15) is 0 Å². The van der Waals surface area contributed by atoms with Crippen LogP contribution >= 0.6 is 38.9 Å². The Morgan fingerprint density at radius 1 is 1.35 bits per heavy atom. The average molecular weight is 377 g/mol. The van der Waals surface area contributed by atoms with Crippen molar-refractivity contribution in [3.8, 4) is 0 Å². The van der Waals surface area contributed by atoms with Crippen LogP contribution in [0, 0.1) is 5.82 Å². The number of hydrogen-bond donors (Lipinski definition) is 1. The van der Waals surface area contributed by atoms with Gasteiger partial charge in [0.2, 0.25) is 0 Å². The van der Waals surface area contributed by atoms with Crippen LogP contribution in [0.25, 0.3) is 0 Å². The van der Waals surface area contributed by atoms with E-state index in [0.717, 1.165) is 29.3 Å². The molecule has 0 fully saturated rings. The first kappa shape index (κ1) is 16.0. The van der Waals surface area contributed by atoms with Gasteiger partial charge in [0.1, 0.15) is 5.82 Å². The van der Waals surface area contributed by atoms with Gasteiger partial charge in [0.05, 0.1) is 8.81 Å². The van der Waals surface area contributed by atoms with Crippen molar-refractivity contribution in [3.05, 3.63) is 55.4 Å². The third-order valence-corrected chi connectivity index (χ3v) is 4.95. The molecule has 0 spiro atoms. The van der Waals surface area contributed by atoms with Crippen molar-refractivity contribution in [2.45, 2.75) is 25.8 Å². The van der Waals surface area contributed by atoms with Crippen molar-refractivity contribution in [3.63, 3.8) is 0 Å². The van der Waals surface area contributed by atoms with Crippen molar-refractivity contribution >= 4 is 38.9 Å². The lowest BCUT2D eigenvalue weighted by Gasteiger charge is -2.17. The summed E-state index contributed by atoms with van der Waals surface area (Å²) in [6.07, 6.45) is 1.89. The number of benzene rings is 1. The molecular formula is C15H16BrClFNS.